The van der Waals surface area contributed by atoms with Gasteiger partial charge in [0.15, 0.2) is 0 Å². The first-order chi connectivity index (χ1) is 11.5. The number of hydrogen-bond donors (Lipinski definition) is 0. The fourth-order valence-corrected chi connectivity index (χ4v) is 4.31. The first-order valence-electron chi connectivity index (χ1n) is 8.46. The van der Waals surface area contributed by atoms with Gasteiger partial charge in [-0.15, -0.1) is 0 Å². The van der Waals surface area contributed by atoms with E-state index in [9.17, 15) is 4.79 Å². The van der Waals surface area contributed by atoms with Crippen LogP contribution in [0.1, 0.15) is 41.4 Å². The number of aryl methyl sites for hydroxylation is 2. The molecule has 2 aromatic heterocycles. The van der Waals surface area contributed by atoms with Crippen molar-refractivity contribution in [2.24, 2.45) is 7.05 Å². The lowest BCUT2D eigenvalue weighted by Crippen LogP contribution is -2.38. The molecule has 0 unspecified atom stereocenters. The summed E-state index contributed by atoms with van der Waals surface area (Å²) in [6.45, 7) is 6.35. The molecule has 0 radical (unpaired) electrons. The number of amides is 1. The molecule has 0 aliphatic carbocycles. The van der Waals surface area contributed by atoms with Crippen molar-refractivity contribution in [1.29, 1.82) is 0 Å². The van der Waals surface area contributed by atoms with Crippen LogP contribution in [0.2, 0.25) is 0 Å². The normalized spacial score (nSPS) is 18.2. The summed E-state index contributed by atoms with van der Waals surface area (Å²) in [6, 6.07) is 2.40. The van der Waals surface area contributed by atoms with Crippen LogP contribution < -0.4 is 0 Å². The van der Waals surface area contributed by atoms with E-state index in [4.69, 9.17) is 0 Å². The molecule has 1 aliphatic heterocycles. The molecule has 1 aliphatic rings. The molecule has 3 heterocycles. The second-order valence-electron chi connectivity index (χ2n) is 6.72. The van der Waals surface area contributed by atoms with Gasteiger partial charge in [-0.05, 0) is 55.6 Å². The van der Waals surface area contributed by atoms with Crippen LogP contribution in [0.25, 0.3) is 0 Å². The second kappa shape index (κ2) is 7.07. The maximum atomic E-state index is 12.6. The van der Waals surface area contributed by atoms with Crippen molar-refractivity contribution in [3.8, 4) is 0 Å². The van der Waals surface area contributed by atoms with E-state index in [0.29, 0.717) is 19.1 Å². The van der Waals surface area contributed by atoms with Crippen LogP contribution in [0.15, 0.2) is 16.8 Å². The molecule has 2 aromatic rings. The van der Waals surface area contributed by atoms with Crippen LogP contribution in [0.4, 0.5) is 0 Å². The lowest BCUT2D eigenvalue weighted by molar-refractivity contribution is -0.131. The Labute approximate surface area is 147 Å². The largest absolute Gasteiger partial charge is 0.340 e. The summed E-state index contributed by atoms with van der Waals surface area (Å²) < 4.78 is 1.95. The summed E-state index contributed by atoms with van der Waals surface area (Å²) in [4.78, 5) is 16.8. The molecule has 130 valence electrons. The Morgan fingerprint density at radius 1 is 1.46 bits per heavy atom. The summed E-state index contributed by atoms with van der Waals surface area (Å²) in [5, 5.41) is 8.71. The topological polar surface area (TPSA) is 41.4 Å². The molecule has 0 saturated carbocycles. The summed E-state index contributed by atoms with van der Waals surface area (Å²) >= 11 is 1.67. The van der Waals surface area contributed by atoms with Gasteiger partial charge < -0.3 is 4.90 Å². The van der Waals surface area contributed by atoms with Gasteiger partial charge in [-0.3, -0.25) is 14.4 Å². The predicted molar refractivity (Wildman–Crippen MR) is 97.0 cm³/mol. The third-order valence-electron chi connectivity index (χ3n) is 5.03. The van der Waals surface area contributed by atoms with E-state index in [2.05, 4.69) is 40.7 Å². The molecular weight excluding hydrogens is 320 g/mol. The van der Waals surface area contributed by atoms with Crippen molar-refractivity contribution in [1.82, 2.24) is 19.6 Å². The predicted octanol–water partition coefficient (Wildman–Crippen LogP) is 2.89. The minimum atomic E-state index is 0.187. The quantitative estimate of drug-likeness (QED) is 0.836. The van der Waals surface area contributed by atoms with E-state index >= 15 is 0 Å². The third kappa shape index (κ3) is 3.39. The number of thiophene rings is 1. The van der Waals surface area contributed by atoms with Gasteiger partial charge in [-0.25, -0.2) is 0 Å². The van der Waals surface area contributed by atoms with E-state index in [1.54, 1.807) is 11.3 Å². The fraction of sp³-hybridized carbons (Fsp3) is 0.556. The Bertz CT molecular complexity index is 707. The second-order valence-corrected chi connectivity index (χ2v) is 7.50. The Kier molecular flexibility index (Phi) is 5.06. The average molecular weight is 346 g/mol. The number of likely N-dealkylation sites (N-methyl/N-ethyl adjacent to an activating group) is 1. The first-order valence-corrected chi connectivity index (χ1v) is 9.41. The van der Waals surface area contributed by atoms with Crippen molar-refractivity contribution in [2.75, 3.05) is 20.1 Å². The van der Waals surface area contributed by atoms with Crippen LogP contribution in [0.3, 0.4) is 0 Å². The minimum Gasteiger partial charge on any atom is -0.340 e. The van der Waals surface area contributed by atoms with Gasteiger partial charge in [0.1, 0.15) is 0 Å². The Hall–Kier alpha value is -1.66. The van der Waals surface area contributed by atoms with E-state index in [1.165, 1.54) is 16.8 Å². The lowest BCUT2D eigenvalue weighted by atomic mass is 10.0. The minimum absolute atomic E-state index is 0.187. The number of aromatic nitrogens is 2. The number of nitrogens with zero attached hydrogens (tertiary/aromatic N) is 4. The van der Waals surface area contributed by atoms with E-state index in [0.717, 1.165) is 25.1 Å². The molecule has 3 rings (SSSR count). The zero-order valence-corrected chi connectivity index (χ0v) is 15.8. The molecule has 0 spiro atoms. The van der Waals surface area contributed by atoms with Crippen molar-refractivity contribution in [2.45, 2.75) is 39.3 Å². The molecule has 1 fully saturated rings. The molecule has 0 bridgehead atoms. The Balaban J connectivity index is 1.68. The van der Waals surface area contributed by atoms with Crippen LogP contribution in [0, 0.1) is 13.8 Å². The van der Waals surface area contributed by atoms with Crippen molar-refractivity contribution in [3.63, 3.8) is 0 Å². The number of hydrogen-bond acceptors (Lipinski definition) is 4. The molecule has 0 N–H and O–H groups in total. The highest BCUT2D eigenvalue weighted by atomic mass is 32.1. The highest BCUT2D eigenvalue weighted by Crippen LogP contribution is 2.35. The van der Waals surface area contributed by atoms with Crippen LogP contribution in [-0.2, 0) is 18.4 Å². The van der Waals surface area contributed by atoms with Crippen LogP contribution in [0.5, 0.6) is 0 Å². The molecule has 24 heavy (non-hydrogen) atoms. The van der Waals surface area contributed by atoms with Crippen LogP contribution >= 0.6 is 11.3 Å². The molecule has 1 saturated heterocycles. The van der Waals surface area contributed by atoms with Gasteiger partial charge >= 0.3 is 0 Å². The zero-order chi connectivity index (χ0) is 17.3. The first kappa shape index (κ1) is 17.2. The van der Waals surface area contributed by atoms with Gasteiger partial charge in [-0.1, -0.05) is 0 Å². The number of carbonyl (C=O) groups excluding carboxylic acids is 1. The van der Waals surface area contributed by atoms with Gasteiger partial charge in [0.2, 0.25) is 5.91 Å². The monoisotopic (exact) mass is 346 g/mol. The number of likely N-dealkylation sites (tertiary alicyclic amines) is 1. The maximum Gasteiger partial charge on any atom is 0.236 e. The van der Waals surface area contributed by atoms with Gasteiger partial charge in [0.05, 0.1) is 12.2 Å². The van der Waals surface area contributed by atoms with Gasteiger partial charge in [0.25, 0.3) is 0 Å². The van der Waals surface area contributed by atoms with Crippen molar-refractivity contribution >= 4 is 17.2 Å². The van der Waals surface area contributed by atoms with Crippen molar-refractivity contribution in [3.05, 3.63) is 39.3 Å². The summed E-state index contributed by atoms with van der Waals surface area (Å²) in [6.07, 6.45) is 2.24. The molecular formula is C18H26N4OS. The fourth-order valence-electron chi connectivity index (χ4n) is 3.65. The van der Waals surface area contributed by atoms with E-state index in [-0.39, 0.29) is 5.91 Å². The van der Waals surface area contributed by atoms with E-state index < -0.39 is 0 Å². The molecule has 5 nitrogen and oxygen atoms in total. The smallest absolute Gasteiger partial charge is 0.236 e. The lowest BCUT2D eigenvalue weighted by Gasteiger charge is -2.27. The highest BCUT2D eigenvalue weighted by Gasteiger charge is 2.32. The molecule has 1 atom stereocenters. The van der Waals surface area contributed by atoms with Gasteiger partial charge in [0, 0.05) is 37.9 Å². The molecule has 0 aromatic carbocycles. The average Bonchev–Trinajstić information content (AvgIpc) is 3.23. The van der Waals surface area contributed by atoms with Crippen LogP contribution in [-0.4, -0.2) is 45.6 Å². The number of rotatable bonds is 5. The summed E-state index contributed by atoms with van der Waals surface area (Å²) in [5.41, 5.74) is 4.81. The van der Waals surface area contributed by atoms with Crippen molar-refractivity contribution < 1.29 is 4.79 Å². The maximum absolute atomic E-state index is 12.6. The summed E-state index contributed by atoms with van der Waals surface area (Å²) in [5.74, 6) is 0.187. The molecule has 6 heteroatoms. The number of carbonyl (C=O) groups is 1. The van der Waals surface area contributed by atoms with E-state index in [1.807, 2.05) is 23.7 Å². The molecule has 1 amide bonds. The SMILES string of the molecule is Cc1nn(C)c(C)c1[C@H]1CCCN1CC(=O)N(C)Cc1ccsc1. The Morgan fingerprint density at radius 3 is 2.88 bits per heavy atom. The van der Waals surface area contributed by atoms with Gasteiger partial charge in [-0.2, -0.15) is 16.4 Å². The third-order valence-corrected chi connectivity index (χ3v) is 5.76. The highest BCUT2D eigenvalue weighted by molar-refractivity contribution is 7.07. The zero-order valence-electron chi connectivity index (χ0n) is 15.0. The summed E-state index contributed by atoms with van der Waals surface area (Å²) in [7, 11) is 3.89. The standard InChI is InChI=1S/C18H26N4OS/c1-13-18(14(2)21(4)19-13)16-6-5-8-22(16)11-17(23)20(3)10-15-7-9-24-12-15/h7,9,12,16H,5-6,8,10-11H2,1-4H3/t16-/m1/s1. The Morgan fingerprint density at radius 2 is 2.25 bits per heavy atom.